The highest BCUT2D eigenvalue weighted by Crippen LogP contribution is 2.37. The molecule has 6 heteroatoms. The summed E-state index contributed by atoms with van der Waals surface area (Å²) < 4.78 is 24.6. The van der Waals surface area contributed by atoms with E-state index in [-0.39, 0.29) is 42.1 Å². The van der Waals surface area contributed by atoms with Gasteiger partial charge in [0.25, 0.3) is 0 Å². The molecule has 34 heavy (non-hydrogen) atoms. The van der Waals surface area contributed by atoms with Gasteiger partial charge in [0.05, 0.1) is 18.4 Å². The lowest BCUT2D eigenvalue weighted by Crippen LogP contribution is -2.18. The Kier molecular flexibility index (Phi) is 10.3. The lowest BCUT2D eigenvalue weighted by Gasteiger charge is -2.23. The van der Waals surface area contributed by atoms with Crippen LogP contribution in [0.4, 0.5) is 4.39 Å². The van der Waals surface area contributed by atoms with Gasteiger partial charge in [0.1, 0.15) is 11.6 Å². The Balaban J connectivity index is 2.69. The number of pyridine rings is 1. The summed E-state index contributed by atoms with van der Waals surface area (Å²) in [6.45, 7) is 10.1. The highest BCUT2D eigenvalue weighted by molar-refractivity contribution is 5.96. The second kappa shape index (κ2) is 12.7. The van der Waals surface area contributed by atoms with Crippen molar-refractivity contribution in [1.29, 1.82) is 0 Å². The number of allylic oxidation sites excluding steroid dienone is 1. The maximum absolute atomic E-state index is 13.7. The van der Waals surface area contributed by atoms with Crippen molar-refractivity contribution < 1.29 is 23.5 Å². The Morgan fingerprint density at radius 1 is 1.00 bits per heavy atom. The van der Waals surface area contributed by atoms with Crippen molar-refractivity contribution in [1.82, 2.24) is 4.98 Å². The number of Topliss-reactive ketones (excluding diaryl/α,β-unsaturated/α-hetero) is 1. The predicted octanol–water partition coefficient (Wildman–Crippen LogP) is 6.25. The molecule has 0 saturated carbocycles. The number of carbonyl (C=O) groups is 2. The molecule has 1 aromatic heterocycles. The summed E-state index contributed by atoms with van der Waals surface area (Å²) in [5.74, 6) is -0.248. The molecule has 5 nitrogen and oxygen atoms in total. The van der Waals surface area contributed by atoms with Gasteiger partial charge >= 0.3 is 0 Å². The first-order chi connectivity index (χ1) is 16.1. The number of aromatic nitrogens is 1. The molecular weight excluding hydrogens is 433 g/mol. The number of carbonyl (C=O) groups excluding carboxylic acids is 2. The number of hydrogen-bond acceptors (Lipinski definition) is 5. The van der Waals surface area contributed by atoms with Crippen molar-refractivity contribution in [2.75, 3.05) is 14.2 Å². The van der Waals surface area contributed by atoms with Crippen molar-refractivity contribution >= 4 is 17.6 Å². The highest BCUT2D eigenvalue weighted by atomic mass is 19.1. The minimum atomic E-state index is -0.457. The molecule has 0 aliphatic rings. The van der Waals surface area contributed by atoms with E-state index >= 15 is 0 Å². The largest absolute Gasteiger partial charge is 0.381 e. The van der Waals surface area contributed by atoms with E-state index in [1.54, 1.807) is 25.3 Å². The fraction of sp³-hybridized carbons (Fsp3) is 0.464. The molecule has 0 saturated heterocycles. The van der Waals surface area contributed by atoms with Crippen molar-refractivity contribution in [3.05, 3.63) is 58.7 Å². The maximum atomic E-state index is 13.7. The van der Waals surface area contributed by atoms with Crippen LogP contribution < -0.4 is 0 Å². The summed E-state index contributed by atoms with van der Waals surface area (Å²) in [5.41, 5.74) is 5.24. The SMILES string of the molecule is COCc1c(C(C)C)nc(C(C)C)c(/C=C/C(=O)C[C@H](CC(C)=O)OC)c1-c1ccc(F)cc1. The van der Waals surface area contributed by atoms with Crippen LogP contribution in [-0.4, -0.2) is 36.9 Å². The highest BCUT2D eigenvalue weighted by Gasteiger charge is 2.23. The Morgan fingerprint density at radius 3 is 2.12 bits per heavy atom. The topological polar surface area (TPSA) is 65.5 Å². The summed E-state index contributed by atoms with van der Waals surface area (Å²) >= 11 is 0. The van der Waals surface area contributed by atoms with Gasteiger partial charge in [-0.1, -0.05) is 39.8 Å². The Labute approximate surface area is 202 Å². The summed E-state index contributed by atoms with van der Waals surface area (Å²) in [6, 6.07) is 6.34. The van der Waals surface area contributed by atoms with E-state index < -0.39 is 6.10 Å². The van der Waals surface area contributed by atoms with Gasteiger partial charge in [0, 0.05) is 43.9 Å². The first-order valence-electron chi connectivity index (χ1n) is 11.6. The molecule has 0 spiro atoms. The van der Waals surface area contributed by atoms with Crippen molar-refractivity contribution in [3.63, 3.8) is 0 Å². The van der Waals surface area contributed by atoms with E-state index in [1.807, 2.05) is 0 Å². The second-order valence-corrected chi connectivity index (χ2v) is 9.17. The van der Waals surface area contributed by atoms with Crippen LogP contribution in [0.1, 0.15) is 81.8 Å². The smallest absolute Gasteiger partial charge is 0.158 e. The van der Waals surface area contributed by atoms with E-state index in [9.17, 15) is 14.0 Å². The van der Waals surface area contributed by atoms with Crippen LogP contribution in [0.5, 0.6) is 0 Å². The molecule has 184 valence electrons. The third-order valence-corrected chi connectivity index (χ3v) is 5.63. The zero-order valence-electron chi connectivity index (χ0n) is 21.3. The molecule has 1 atom stereocenters. The minimum Gasteiger partial charge on any atom is -0.381 e. The number of ketones is 2. The van der Waals surface area contributed by atoms with Gasteiger partial charge in [0.15, 0.2) is 5.78 Å². The maximum Gasteiger partial charge on any atom is 0.158 e. The van der Waals surface area contributed by atoms with E-state index in [4.69, 9.17) is 14.5 Å². The van der Waals surface area contributed by atoms with Gasteiger partial charge in [0.2, 0.25) is 0 Å². The standard InChI is InChI=1S/C28H36FNO4/c1-17(2)27-24(13-12-22(32)15-23(34-7)14-19(5)31)26(20-8-10-21(29)11-9-20)25(16-33-6)28(30-27)18(3)4/h8-13,17-18,23H,14-16H2,1-7H3/b13-12+/t23-/m0/s1. The fourth-order valence-electron chi connectivity index (χ4n) is 4.03. The number of benzene rings is 1. The Bertz CT molecular complexity index is 1030. The van der Waals surface area contributed by atoms with E-state index in [1.165, 1.54) is 32.2 Å². The van der Waals surface area contributed by atoms with Crippen LogP contribution in [0.3, 0.4) is 0 Å². The van der Waals surface area contributed by atoms with Crippen LogP contribution in [-0.2, 0) is 25.7 Å². The molecule has 2 aromatic rings. The van der Waals surface area contributed by atoms with Gasteiger partial charge in [-0.2, -0.15) is 0 Å². The molecule has 0 aliphatic heterocycles. The normalized spacial score (nSPS) is 12.6. The van der Waals surface area contributed by atoms with Gasteiger partial charge in [-0.05, 0) is 54.2 Å². The third-order valence-electron chi connectivity index (χ3n) is 5.63. The molecule has 0 unspecified atom stereocenters. The van der Waals surface area contributed by atoms with Crippen molar-refractivity contribution in [3.8, 4) is 11.1 Å². The predicted molar refractivity (Wildman–Crippen MR) is 133 cm³/mol. The Hall–Kier alpha value is -2.70. The van der Waals surface area contributed by atoms with Gasteiger partial charge in [-0.3, -0.25) is 14.6 Å². The molecule has 0 aliphatic carbocycles. The zero-order valence-corrected chi connectivity index (χ0v) is 21.3. The third kappa shape index (κ3) is 7.15. The van der Waals surface area contributed by atoms with Crippen molar-refractivity contribution in [2.24, 2.45) is 0 Å². The lowest BCUT2D eigenvalue weighted by molar-refractivity contribution is -0.121. The molecule has 0 amide bonds. The summed E-state index contributed by atoms with van der Waals surface area (Å²) in [7, 11) is 3.13. The number of hydrogen-bond donors (Lipinski definition) is 0. The van der Waals surface area contributed by atoms with Crippen molar-refractivity contribution in [2.45, 2.75) is 72.0 Å². The minimum absolute atomic E-state index is 0.0259. The quantitative estimate of drug-likeness (QED) is 0.344. The Morgan fingerprint density at radius 2 is 1.62 bits per heavy atom. The number of ether oxygens (including phenoxy) is 2. The molecule has 0 bridgehead atoms. The van der Waals surface area contributed by atoms with Crippen LogP contribution in [0.15, 0.2) is 30.3 Å². The van der Waals surface area contributed by atoms with Crippen LogP contribution >= 0.6 is 0 Å². The summed E-state index contributed by atoms with van der Waals surface area (Å²) in [6.07, 6.45) is 3.15. The molecule has 1 aromatic carbocycles. The first kappa shape index (κ1) is 27.5. The summed E-state index contributed by atoms with van der Waals surface area (Å²) in [4.78, 5) is 29.2. The first-order valence-corrected chi connectivity index (χ1v) is 11.6. The second-order valence-electron chi connectivity index (χ2n) is 9.17. The lowest BCUT2D eigenvalue weighted by atomic mass is 9.87. The average Bonchev–Trinajstić information content (AvgIpc) is 2.77. The molecule has 0 radical (unpaired) electrons. The number of halogens is 1. The molecule has 2 rings (SSSR count). The fourth-order valence-corrected chi connectivity index (χ4v) is 4.03. The summed E-state index contributed by atoms with van der Waals surface area (Å²) in [5, 5.41) is 0. The van der Waals surface area contributed by atoms with Gasteiger partial charge < -0.3 is 9.47 Å². The number of rotatable bonds is 12. The van der Waals surface area contributed by atoms with E-state index in [0.717, 1.165) is 33.6 Å². The molecule has 0 fully saturated rings. The zero-order chi connectivity index (χ0) is 25.4. The number of nitrogens with zero attached hydrogens (tertiary/aromatic N) is 1. The monoisotopic (exact) mass is 469 g/mol. The van der Waals surface area contributed by atoms with E-state index in [0.29, 0.717) is 6.61 Å². The van der Waals surface area contributed by atoms with E-state index in [2.05, 4.69) is 27.7 Å². The van der Waals surface area contributed by atoms with Gasteiger partial charge in [-0.15, -0.1) is 0 Å². The average molecular weight is 470 g/mol. The molecule has 0 N–H and O–H groups in total. The van der Waals surface area contributed by atoms with Crippen LogP contribution in [0, 0.1) is 5.82 Å². The number of methoxy groups -OCH3 is 2. The van der Waals surface area contributed by atoms with Gasteiger partial charge in [-0.25, -0.2) is 4.39 Å². The molecular formula is C28H36FNO4. The van der Waals surface area contributed by atoms with Crippen LogP contribution in [0.2, 0.25) is 0 Å². The molecule has 1 heterocycles. The van der Waals surface area contributed by atoms with Crippen LogP contribution in [0.25, 0.3) is 17.2 Å².